The zero-order chi connectivity index (χ0) is 15.8. The fourth-order valence-corrected chi connectivity index (χ4v) is 3.20. The standard InChI is InChI=1S/C16H18N6O/c1-11-4-5-12-13(9-11)19-16(18-12)14-3-2-7-22(14)15(23)10-21-8-6-17-20-21/h4-6,8-9,14H,2-3,7,10H2,1H3,(H,18,19). The molecule has 0 bridgehead atoms. The maximum atomic E-state index is 12.6. The van der Waals surface area contributed by atoms with Gasteiger partial charge in [-0.15, -0.1) is 5.10 Å². The molecule has 7 heteroatoms. The van der Waals surface area contributed by atoms with Crippen LogP contribution in [0.3, 0.4) is 0 Å². The van der Waals surface area contributed by atoms with Crippen molar-refractivity contribution < 1.29 is 4.79 Å². The third kappa shape index (κ3) is 2.58. The number of nitrogens with one attached hydrogen (secondary N) is 1. The van der Waals surface area contributed by atoms with Crippen molar-refractivity contribution >= 4 is 16.9 Å². The van der Waals surface area contributed by atoms with Crippen LogP contribution in [0.2, 0.25) is 0 Å². The Hall–Kier alpha value is -2.70. The van der Waals surface area contributed by atoms with E-state index in [0.29, 0.717) is 0 Å². The molecular formula is C16H18N6O. The van der Waals surface area contributed by atoms with Gasteiger partial charge in [-0.05, 0) is 37.5 Å². The number of fused-ring (bicyclic) bond motifs is 1. The predicted octanol–water partition coefficient (Wildman–Crippen LogP) is 1.83. The number of rotatable bonds is 3. The zero-order valence-electron chi connectivity index (χ0n) is 12.9. The first-order chi connectivity index (χ1) is 11.2. The molecule has 0 aliphatic carbocycles. The highest BCUT2D eigenvalue weighted by atomic mass is 16.2. The smallest absolute Gasteiger partial charge is 0.244 e. The van der Waals surface area contributed by atoms with Crippen LogP contribution in [-0.2, 0) is 11.3 Å². The largest absolute Gasteiger partial charge is 0.340 e. The normalized spacial score (nSPS) is 18.0. The Bertz CT molecular complexity index is 838. The van der Waals surface area contributed by atoms with Gasteiger partial charge in [0.1, 0.15) is 12.4 Å². The maximum Gasteiger partial charge on any atom is 0.244 e. The molecule has 23 heavy (non-hydrogen) atoms. The summed E-state index contributed by atoms with van der Waals surface area (Å²) in [5, 5.41) is 7.61. The number of aromatic nitrogens is 5. The van der Waals surface area contributed by atoms with Crippen molar-refractivity contribution in [2.75, 3.05) is 6.54 Å². The molecule has 0 radical (unpaired) electrons. The van der Waals surface area contributed by atoms with Crippen LogP contribution in [0.5, 0.6) is 0 Å². The summed E-state index contributed by atoms with van der Waals surface area (Å²) in [5.41, 5.74) is 3.16. The summed E-state index contributed by atoms with van der Waals surface area (Å²) in [6.07, 6.45) is 5.20. The molecule has 2 aromatic heterocycles. The summed E-state index contributed by atoms with van der Waals surface area (Å²) >= 11 is 0. The van der Waals surface area contributed by atoms with Gasteiger partial charge in [0.25, 0.3) is 0 Å². The Morgan fingerprint density at radius 1 is 1.43 bits per heavy atom. The van der Waals surface area contributed by atoms with Crippen LogP contribution in [0.25, 0.3) is 11.0 Å². The Kier molecular flexibility index (Phi) is 3.33. The summed E-state index contributed by atoms with van der Waals surface area (Å²) in [7, 11) is 0. The number of amides is 1. The van der Waals surface area contributed by atoms with Gasteiger partial charge in [0.2, 0.25) is 5.91 Å². The van der Waals surface area contributed by atoms with Crippen molar-refractivity contribution in [2.24, 2.45) is 0 Å². The lowest BCUT2D eigenvalue weighted by Gasteiger charge is -2.23. The molecule has 3 heterocycles. The average Bonchev–Trinajstić information content (AvgIpc) is 3.26. The molecule has 4 rings (SSSR count). The zero-order valence-corrected chi connectivity index (χ0v) is 12.9. The van der Waals surface area contributed by atoms with Crippen LogP contribution in [0.4, 0.5) is 0 Å². The van der Waals surface area contributed by atoms with Crippen LogP contribution in [-0.4, -0.2) is 42.3 Å². The molecule has 7 nitrogen and oxygen atoms in total. The van der Waals surface area contributed by atoms with Gasteiger partial charge in [0.05, 0.1) is 23.3 Å². The first-order valence-electron chi connectivity index (χ1n) is 7.80. The third-order valence-electron chi connectivity index (χ3n) is 4.31. The number of imidazole rings is 1. The number of hydrogen-bond acceptors (Lipinski definition) is 4. The number of carbonyl (C=O) groups is 1. The molecule has 0 saturated carbocycles. The van der Waals surface area contributed by atoms with Crippen molar-refractivity contribution in [3.63, 3.8) is 0 Å². The number of aromatic amines is 1. The van der Waals surface area contributed by atoms with E-state index in [2.05, 4.69) is 39.3 Å². The van der Waals surface area contributed by atoms with Gasteiger partial charge in [-0.3, -0.25) is 4.79 Å². The van der Waals surface area contributed by atoms with Gasteiger partial charge in [0.15, 0.2) is 0 Å². The predicted molar refractivity (Wildman–Crippen MR) is 84.5 cm³/mol. The van der Waals surface area contributed by atoms with Crippen molar-refractivity contribution in [1.82, 2.24) is 29.9 Å². The molecular weight excluding hydrogens is 292 g/mol. The Morgan fingerprint density at radius 3 is 3.17 bits per heavy atom. The van der Waals surface area contributed by atoms with E-state index in [0.717, 1.165) is 36.2 Å². The van der Waals surface area contributed by atoms with Crippen LogP contribution in [0.1, 0.15) is 30.3 Å². The summed E-state index contributed by atoms with van der Waals surface area (Å²) < 4.78 is 1.56. The van der Waals surface area contributed by atoms with Gasteiger partial charge in [-0.25, -0.2) is 9.67 Å². The number of likely N-dealkylation sites (tertiary alicyclic amines) is 1. The van der Waals surface area contributed by atoms with Crippen molar-refractivity contribution in [1.29, 1.82) is 0 Å². The van der Waals surface area contributed by atoms with E-state index in [-0.39, 0.29) is 18.5 Å². The quantitative estimate of drug-likeness (QED) is 0.800. The minimum absolute atomic E-state index is 0.0127. The fraction of sp³-hybridized carbons (Fsp3) is 0.375. The average molecular weight is 310 g/mol. The second-order valence-corrected chi connectivity index (χ2v) is 5.99. The van der Waals surface area contributed by atoms with Crippen molar-refractivity contribution in [2.45, 2.75) is 32.4 Å². The fourth-order valence-electron chi connectivity index (χ4n) is 3.20. The number of H-pyrrole nitrogens is 1. The highest BCUT2D eigenvalue weighted by Gasteiger charge is 2.32. The van der Waals surface area contributed by atoms with E-state index >= 15 is 0 Å². The number of nitrogens with zero attached hydrogens (tertiary/aromatic N) is 5. The number of hydrogen-bond donors (Lipinski definition) is 1. The highest BCUT2D eigenvalue weighted by Crippen LogP contribution is 2.31. The van der Waals surface area contributed by atoms with E-state index in [1.807, 2.05) is 11.0 Å². The van der Waals surface area contributed by atoms with Crippen molar-refractivity contribution in [3.8, 4) is 0 Å². The maximum absolute atomic E-state index is 12.6. The van der Waals surface area contributed by atoms with Crippen LogP contribution in [0.15, 0.2) is 30.6 Å². The number of benzene rings is 1. The summed E-state index contributed by atoms with van der Waals surface area (Å²) in [4.78, 5) is 22.5. The monoisotopic (exact) mass is 310 g/mol. The van der Waals surface area contributed by atoms with E-state index in [4.69, 9.17) is 0 Å². The minimum Gasteiger partial charge on any atom is -0.340 e. The summed E-state index contributed by atoms with van der Waals surface area (Å²) in [6, 6.07) is 6.16. The topological polar surface area (TPSA) is 79.7 Å². The molecule has 1 amide bonds. The molecule has 1 N–H and O–H groups in total. The third-order valence-corrected chi connectivity index (χ3v) is 4.31. The molecule has 118 valence electrons. The van der Waals surface area contributed by atoms with E-state index < -0.39 is 0 Å². The van der Waals surface area contributed by atoms with Crippen LogP contribution >= 0.6 is 0 Å². The van der Waals surface area contributed by atoms with E-state index in [1.54, 1.807) is 17.1 Å². The van der Waals surface area contributed by atoms with E-state index in [9.17, 15) is 4.79 Å². The molecule has 1 fully saturated rings. The van der Waals surface area contributed by atoms with Gasteiger partial charge < -0.3 is 9.88 Å². The van der Waals surface area contributed by atoms with Crippen LogP contribution in [0, 0.1) is 6.92 Å². The Balaban J connectivity index is 1.59. The molecule has 3 aromatic rings. The minimum atomic E-state index is 0.0127. The lowest BCUT2D eigenvalue weighted by atomic mass is 10.2. The highest BCUT2D eigenvalue weighted by molar-refractivity contribution is 5.78. The van der Waals surface area contributed by atoms with Crippen LogP contribution < -0.4 is 0 Å². The molecule has 1 atom stereocenters. The van der Waals surface area contributed by atoms with Gasteiger partial charge in [-0.2, -0.15) is 0 Å². The number of carbonyl (C=O) groups excluding carboxylic acids is 1. The lowest BCUT2D eigenvalue weighted by molar-refractivity contribution is -0.133. The molecule has 1 saturated heterocycles. The first kappa shape index (κ1) is 13.9. The molecule has 1 aromatic carbocycles. The van der Waals surface area contributed by atoms with Gasteiger partial charge >= 0.3 is 0 Å². The number of aryl methyl sites for hydroxylation is 1. The summed E-state index contributed by atoms with van der Waals surface area (Å²) in [5.74, 6) is 0.921. The Morgan fingerprint density at radius 2 is 2.35 bits per heavy atom. The molecule has 1 unspecified atom stereocenters. The lowest BCUT2D eigenvalue weighted by Crippen LogP contribution is -2.34. The Labute approximate surface area is 133 Å². The van der Waals surface area contributed by atoms with Gasteiger partial charge in [0, 0.05) is 12.7 Å². The van der Waals surface area contributed by atoms with E-state index in [1.165, 1.54) is 5.56 Å². The van der Waals surface area contributed by atoms with Crippen molar-refractivity contribution in [3.05, 3.63) is 42.0 Å². The molecule has 0 spiro atoms. The second-order valence-electron chi connectivity index (χ2n) is 5.99. The molecule has 1 aliphatic heterocycles. The SMILES string of the molecule is Cc1ccc2nc(C3CCCN3C(=O)Cn3ccnn3)[nH]c2c1. The summed E-state index contributed by atoms with van der Waals surface area (Å²) in [6.45, 7) is 3.04. The molecule has 1 aliphatic rings. The first-order valence-corrected chi connectivity index (χ1v) is 7.80. The second kappa shape index (κ2) is 5.49. The van der Waals surface area contributed by atoms with Gasteiger partial charge in [-0.1, -0.05) is 11.3 Å².